The third kappa shape index (κ3) is 7.47. The third-order valence-corrected chi connectivity index (χ3v) is 4.80. The van der Waals surface area contributed by atoms with Gasteiger partial charge >= 0.3 is 17.9 Å². The Morgan fingerprint density at radius 3 is 2.16 bits per heavy atom. The van der Waals surface area contributed by atoms with Crippen LogP contribution in [0.25, 0.3) is 0 Å². The minimum atomic E-state index is -1.18. The molecule has 0 unspecified atom stereocenters. The predicted molar refractivity (Wildman–Crippen MR) is 110 cm³/mol. The summed E-state index contributed by atoms with van der Waals surface area (Å²) in [4.78, 5) is 46.8. The molecule has 1 aliphatic heterocycles. The summed E-state index contributed by atoms with van der Waals surface area (Å²) in [7, 11) is 0. The molecule has 0 bridgehead atoms. The van der Waals surface area contributed by atoms with Crippen molar-refractivity contribution in [3.63, 3.8) is 0 Å². The highest BCUT2D eigenvalue weighted by atomic mass is 35.5. The molecule has 1 amide bonds. The van der Waals surface area contributed by atoms with Gasteiger partial charge in [-0.2, -0.15) is 0 Å². The Morgan fingerprint density at radius 1 is 0.969 bits per heavy atom. The van der Waals surface area contributed by atoms with Crippen LogP contribution in [-0.4, -0.2) is 61.1 Å². The van der Waals surface area contributed by atoms with Gasteiger partial charge in [0.05, 0.1) is 6.61 Å². The van der Waals surface area contributed by atoms with Gasteiger partial charge in [-0.15, -0.1) is 0 Å². The zero-order valence-electron chi connectivity index (χ0n) is 18.2. The summed E-state index contributed by atoms with van der Waals surface area (Å²) >= 11 is 6.18. The number of amides is 1. The van der Waals surface area contributed by atoms with E-state index in [0.717, 1.165) is 0 Å². The first-order valence-corrected chi connectivity index (χ1v) is 10.2. The Hall–Kier alpha value is -2.69. The summed E-state index contributed by atoms with van der Waals surface area (Å²) in [6.45, 7) is 4.52. The Labute approximate surface area is 190 Å². The number of hydrogen-bond donors (Lipinski definition) is 1. The number of halogens is 1. The van der Waals surface area contributed by atoms with Crippen LogP contribution in [-0.2, 0) is 49.5 Å². The fraction of sp³-hybridized carbons (Fsp3) is 0.524. The molecule has 11 heteroatoms. The normalized spacial score (nSPS) is 24.8. The van der Waals surface area contributed by atoms with E-state index >= 15 is 0 Å². The van der Waals surface area contributed by atoms with E-state index in [4.69, 9.17) is 35.3 Å². The van der Waals surface area contributed by atoms with Gasteiger partial charge in [0.15, 0.2) is 18.5 Å². The molecule has 176 valence electrons. The van der Waals surface area contributed by atoms with E-state index in [-0.39, 0.29) is 13.2 Å². The van der Waals surface area contributed by atoms with Gasteiger partial charge in [-0.05, 0) is 11.6 Å². The Morgan fingerprint density at radius 2 is 1.59 bits per heavy atom. The van der Waals surface area contributed by atoms with Crippen molar-refractivity contribution in [2.45, 2.75) is 64.9 Å². The summed E-state index contributed by atoms with van der Waals surface area (Å²) in [6, 6.07) is 5.95. The van der Waals surface area contributed by atoms with Crippen molar-refractivity contribution in [2.24, 2.45) is 0 Å². The Kier molecular flexibility index (Phi) is 9.42. The van der Waals surface area contributed by atoms with Crippen molar-refractivity contribution in [1.82, 2.24) is 5.32 Å². The molecule has 5 atom stereocenters. The minimum absolute atomic E-state index is 0.00569. The maximum Gasteiger partial charge on any atom is 0.303 e. The fourth-order valence-corrected chi connectivity index (χ4v) is 3.41. The number of carbonyl (C=O) groups is 4. The summed E-state index contributed by atoms with van der Waals surface area (Å²) in [6.07, 6.45) is -4.53. The van der Waals surface area contributed by atoms with E-state index in [1.807, 2.05) is 0 Å². The van der Waals surface area contributed by atoms with Crippen molar-refractivity contribution < 1.29 is 42.9 Å². The number of nitrogens with one attached hydrogen (secondary N) is 1. The third-order valence-electron chi connectivity index (χ3n) is 4.43. The molecule has 0 aliphatic carbocycles. The van der Waals surface area contributed by atoms with E-state index in [1.165, 1.54) is 27.7 Å². The fourth-order valence-electron chi connectivity index (χ4n) is 3.22. The second kappa shape index (κ2) is 11.8. The maximum atomic E-state index is 11.9. The van der Waals surface area contributed by atoms with Gasteiger partial charge in [-0.3, -0.25) is 19.2 Å². The minimum Gasteiger partial charge on any atom is -0.463 e. The predicted octanol–water partition coefficient (Wildman–Crippen LogP) is 1.51. The summed E-state index contributed by atoms with van der Waals surface area (Å²) in [5.41, 5.74) is 0.655. The van der Waals surface area contributed by atoms with Crippen molar-refractivity contribution >= 4 is 35.4 Å². The lowest BCUT2D eigenvalue weighted by molar-refractivity contribution is -0.280. The van der Waals surface area contributed by atoms with E-state index < -0.39 is 54.5 Å². The van der Waals surface area contributed by atoms with Crippen LogP contribution in [0.4, 0.5) is 0 Å². The van der Waals surface area contributed by atoms with Crippen molar-refractivity contribution in [2.75, 3.05) is 6.61 Å². The molecule has 1 aromatic rings. The van der Waals surface area contributed by atoms with Crippen LogP contribution in [0.3, 0.4) is 0 Å². The average molecular weight is 472 g/mol. The van der Waals surface area contributed by atoms with Crippen LogP contribution >= 0.6 is 11.6 Å². The molecule has 0 aromatic heterocycles. The Balaban J connectivity index is 2.37. The van der Waals surface area contributed by atoms with Gasteiger partial charge in [0.2, 0.25) is 5.91 Å². The zero-order chi connectivity index (χ0) is 23.8. The van der Waals surface area contributed by atoms with Gasteiger partial charge in [-0.1, -0.05) is 29.8 Å². The molecule has 1 saturated heterocycles. The van der Waals surface area contributed by atoms with Gasteiger partial charge in [-0.25, -0.2) is 0 Å². The lowest BCUT2D eigenvalue weighted by atomic mass is 9.96. The van der Waals surface area contributed by atoms with E-state index in [0.29, 0.717) is 10.6 Å². The van der Waals surface area contributed by atoms with Gasteiger partial charge in [0.1, 0.15) is 18.8 Å². The highest BCUT2D eigenvalue weighted by Crippen LogP contribution is 2.29. The van der Waals surface area contributed by atoms with Crippen molar-refractivity contribution in [3.05, 3.63) is 34.9 Å². The molecule has 0 saturated carbocycles. The first-order valence-electron chi connectivity index (χ1n) is 9.83. The van der Waals surface area contributed by atoms with Crippen LogP contribution < -0.4 is 5.32 Å². The van der Waals surface area contributed by atoms with Crippen LogP contribution in [0, 0.1) is 0 Å². The molecule has 0 spiro atoms. The van der Waals surface area contributed by atoms with Crippen molar-refractivity contribution in [1.29, 1.82) is 0 Å². The topological polar surface area (TPSA) is 126 Å². The quantitative estimate of drug-likeness (QED) is 0.443. The lowest BCUT2D eigenvalue weighted by Gasteiger charge is -2.44. The Bertz CT molecular complexity index is 846. The average Bonchev–Trinajstić information content (AvgIpc) is 2.68. The summed E-state index contributed by atoms with van der Waals surface area (Å²) < 4.78 is 27.6. The summed E-state index contributed by atoms with van der Waals surface area (Å²) in [5.74, 6) is -2.40. The molecule has 1 aliphatic rings. The number of ether oxygens (including phenoxy) is 5. The number of rotatable bonds is 8. The lowest BCUT2D eigenvalue weighted by Crippen LogP contribution is -2.66. The van der Waals surface area contributed by atoms with Gasteiger partial charge in [0, 0.05) is 32.7 Å². The van der Waals surface area contributed by atoms with E-state index in [2.05, 4.69) is 5.32 Å². The largest absolute Gasteiger partial charge is 0.463 e. The maximum absolute atomic E-state index is 11.9. The molecule has 1 aromatic carbocycles. The van der Waals surface area contributed by atoms with Crippen molar-refractivity contribution in [3.8, 4) is 0 Å². The molecule has 1 N–H and O–H groups in total. The molecule has 32 heavy (non-hydrogen) atoms. The van der Waals surface area contributed by atoms with E-state index in [1.54, 1.807) is 24.3 Å². The van der Waals surface area contributed by atoms with E-state index in [9.17, 15) is 19.2 Å². The van der Waals surface area contributed by atoms with Crippen LogP contribution in [0.15, 0.2) is 24.3 Å². The first-order chi connectivity index (χ1) is 15.1. The number of esters is 3. The molecule has 10 nitrogen and oxygen atoms in total. The van der Waals surface area contributed by atoms with Crippen LogP contribution in [0.1, 0.15) is 33.3 Å². The molecule has 0 radical (unpaired) electrons. The molecular formula is C21H26ClNO9. The second-order valence-corrected chi connectivity index (χ2v) is 7.53. The monoisotopic (exact) mass is 471 g/mol. The van der Waals surface area contributed by atoms with Crippen LogP contribution in [0.2, 0.25) is 5.02 Å². The highest BCUT2D eigenvalue weighted by molar-refractivity contribution is 6.31. The standard InChI is InChI=1S/C21H26ClNO9/c1-11(24)23-18-20(31-14(4)27)19(30-13(3)26)17(10-28-12(2)25)32-21(18)29-9-15-7-5-6-8-16(15)22/h5-8,17-21H,9-10H2,1-4H3,(H,23,24)/t17-,18+,19+,20-,21-/m1/s1. The molecular weight excluding hydrogens is 446 g/mol. The number of carbonyl (C=O) groups excluding carboxylic acids is 4. The van der Waals surface area contributed by atoms with Gasteiger partial charge in [0.25, 0.3) is 0 Å². The number of benzene rings is 1. The van der Waals surface area contributed by atoms with Crippen LogP contribution in [0.5, 0.6) is 0 Å². The number of hydrogen-bond acceptors (Lipinski definition) is 9. The first kappa shape index (κ1) is 25.6. The molecule has 1 heterocycles. The second-order valence-electron chi connectivity index (χ2n) is 7.12. The molecule has 2 rings (SSSR count). The zero-order valence-corrected chi connectivity index (χ0v) is 18.9. The summed E-state index contributed by atoms with van der Waals surface area (Å²) in [5, 5.41) is 3.09. The van der Waals surface area contributed by atoms with Gasteiger partial charge < -0.3 is 29.0 Å². The molecule has 1 fully saturated rings. The highest BCUT2D eigenvalue weighted by Gasteiger charge is 2.51. The SMILES string of the molecule is CC(=O)N[C@@H]1[C@H](OCc2ccccc2Cl)O[C@H](COC(C)=O)[C@H](OC(C)=O)[C@@H]1OC(C)=O. The smallest absolute Gasteiger partial charge is 0.303 e.